The Morgan fingerprint density at radius 1 is 1.44 bits per heavy atom. The Hall–Kier alpha value is -1.73. The van der Waals surface area contributed by atoms with Crippen LogP contribution < -0.4 is 5.32 Å². The van der Waals surface area contributed by atoms with Crippen molar-refractivity contribution < 1.29 is 19.4 Å². The maximum Gasteiger partial charge on any atom is 0.332 e. The molecule has 0 bridgehead atoms. The predicted molar refractivity (Wildman–Crippen MR) is 61.2 cm³/mol. The summed E-state index contributed by atoms with van der Waals surface area (Å²) < 4.78 is 5.09. The van der Waals surface area contributed by atoms with E-state index in [9.17, 15) is 9.59 Å². The maximum absolute atomic E-state index is 11.7. The number of carboxylic acid groups (broad SMARTS) is 1. The number of carboxylic acids is 1. The van der Waals surface area contributed by atoms with Gasteiger partial charge in [-0.25, -0.2) is 14.8 Å². The van der Waals surface area contributed by atoms with Crippen LogP contribution in [0, 0.1) is 0 Å². The zero-order chi connectivity index (χ0) is 13.1. The quantitative estimate of drug-likeness (QED) is 0.785. The summed E-state index contributed by atoms with van der Waals surface area (Å²) in [7, 11) is 0. The number of carbonyl (C=O) groups excluding carboxylic acids is 1. The summed E-state index contributed by atoms with van der Waals surface area (Å²) in [4.78, 5) is 30.0. The Morgan fingerprint density at radius 2 is 2.17 bits per heavy atom. The lowest BCUT2D eigenvalue weighted by Crippen LogP contribution is -2.30. The van der Waals surface area contributed by atoms with E-state index in [0.717, 1.165) is 0 Å². The first-order chi connectivity index (χ1) is 8.56. The zero-order valence-corrected chi connectivity index (χ0v) is 9.92. The van der Waals surface area contributed by atoms with Crippen molar-refractivity contribution >= 4 is 29.4 Å². The highest BCUT2D eigenvalue weighted by Gasteiger charge is 2.34. The average molecular weight is 272 g/mol. The summed E-state index contributed by atoms with van der Waals surface area (Å²) in [5.74, 6) is -1.47. The van der Waals surface area contributed by atoms with Gasteiger partial charge in [-0.1, -0.05) is 11.6 Å². The second-order valence-electron chi connectivity index (χ2n) is 3.72. The predicted octanol–water partition coefficient (Wildman–Crippen LogP) is 0.701. The summed E-state index contributed by atoms with van der Waals surface area (Å²) in [6.07, 6.45) is 0.336. The van der Waals surface area contributed by atoms with Crippen molar-refractivity contribution in [3.05, 3.63) is 17.4 Å². The van der Waals surface area contributed by atoms with Crippen LogP contribution in [-0.4, -0.2) is 39.2 Å². The lowest BCUT2D eigenvalue weighted by atomic mass is 10.2. The van der Waals surface area contributed by atoms with E-state index in [1.54, 1.807) is 0 Å². The van der Waals surface area contributed by atoms with Crippen molar-refractivity contribution in [2.24, 2.45) is 0 Å². The van der Waals surface area contributed by atoms with Crippen LogP contribution in [0.1, 0.15) is 12.8 Å². The van der Waals surface area contributed by atoms with Gasteiger partial charge in [0.2, 0.25) is 5.95 Å². The zero-order valence-electron chi connectivity index (χ0n) is 9.17. The minimum absolute atomic E-state index is 0.0647. The van der Waals surface area contributed by atoms with Gasteiger partial charge in [-0.05, 0) is 18.9 Å². The molecule has 0 aliphatic carbocycles. The monoisotopic (exact) mass is 271 g/mol. The number of halogens is 1. The number of carbonyl (C=O) groups is 2. The van der Waals surface area contributed by atoms with Gasteiger partial charge in [0.25, 0.3) is 5.91 Å². The van der Waals surface area contributed by atoms with E-state index in [2.05, 4.69) is 15.3 Å². The number of aliphatic carboxylic acids is 1. The molecule has 2 heterocycles. The van der Waals surface area contributed by atoms with Crippen molar-refractivity contribution in [1.29, 1.82) is 0 Å². The Morgan fingerprint density at radius 3 is 2.78 bits per heavy atom. The minimum atomic E-state index is -1.07. The summed E-state index contributed by atoms with van der Waals surface area (Å²) >= 11 is 5.64. The molecule has 2 N–H and O–H groups in total. The molecule has 1 saturated heterocycles. The molecule has 96 valence electrons. The van der Waals surface area contributed by atoms with Crippen LogP contribution in [0.5, 0.6) is 0 Å². The van der Waals surface area contributed by atoms with E-state index < -0.39 is 24.1 Å². The highest BCUT2D eigenvalue weighted by Crippen LogP contribution is 2.20. The number of nitrogens with zero attached hydrogens (tertiary/aromatic N) is 2. The molecule has 0 spiro atoms. The molecular formula is C10H10ClN3O4. The fourth-order valence-electron chi connectivity index (χ4n) is 1.60. The summed E-state index contributed by atoms with van der Waals surface area (Å²) in [6, 6.07) is 1.48. The number of hydrogen-bond acceptors (Lipinski definition) is 5. The molecule has 0 aromatic carbocycles. The molecule has 8 heteroatoms. The third kappa shape index (κ3) is 2.93. The molecule has 2 atom stereocenters. The number of amides is 1. The first-order valence-electron chi connectivity index (χ1n) is 5.24. The summed E-state index contributed by atoms with van der Waals surface area (Å²) in [5, 5.41) is 11.4. The smallest absolute Gasteiger partial charge is 0.332 e. The molecule has 1 aromatic heterocycles. The van der Waals surface area contributed by atoms with Crippen LogP contribution in [-0.2, 0) is 14.3 Å². The van der Waals surface area contributed by atoms with Crippen LogP contribution in [0.2, 0.25) is 5.15 Å². The van der Waals surface area contributed by atoms with Crippen LogP contribution >= 0.6 is 11.6 Å². The van der Waals surface area contributed by atoms with Gasteiger partial charge in [0, 0.05) is 6.20 Å². The van der Waals surface area contributed by atoms with E-state index in [0.29, 0.717) is 12.8 Å². The fraction of sp³-hybridized carbons (Fsp3) is 0.400. The van der Waals surface area contributed by atoms with Crippen LogP contribution in [0.4, 0.5) is 5.95 Å². The molecule has 0 saturated carbocycles. The molecular weight excluding hydrogens is 262 g/mol. The molecule has 0 unspecified atom stereocenters. The number of anilines is 1. The Bertz CT molecular complexity index is 482. The van der Waals surface area contributed by atoms with Crippen molar-refractivity contribution in [3.63, 3.8) is 0 Å². The van der Waals surface area contributed by atoms with Crippen LogP contribution in [0.3, 0.4) is 0 Å². The van der Waals surface area contributed by atoms with E-state index in [4.69, 9.17) is 21.4 Å². The average Bonchev–Trinajstić information content (AvgIpc) is 2.78. The number of nitrogens with one attached hydrogen (secondary N) is 1. The van der Waals surface area contributed by atoms with Crippen molar-refractivity contribution in [2.75, 3.05) is 5.32 Å². The van der Waals surface area contributed by atoms with E-state index >= 15 is 0 Å². The fourth-order valence-corrected chi connectivity index (χ4v) is 1.74. The highest BCUT2D eigenvalue weighted by atomic mass is 35.5. The standard InChI is InChI=1S/C10H10ClN3O4/c11-7-3-4-12-10(13-7)14-8(15)5-1-2-6(18-5)9(16)17/h3-6H,1-2H2,(H,16,17)(H,12,13,14,15)/t5-,6+/m0/s1. The van der Waals surface area contributed by atoms with E-state index in [1.165, 1.54) is 12.3 Å². The van der Waals surface area contributed by atoms with Gasteiger partial charge in [-0.3, -0.25) is 10.1 Å². The van der Waals surface area contributed by atoms with Crippen LogP contribution in [0.25, 0.3) is 0 Å². The Kier molecular flexibility index (Phi) is 3.73. The maximum atomic E-state index is 11.7. The minimum Gasteiger partial charge on any atom is -0.479 e. The highest BCUT2D eigenvalue weighted by molar-refractivity contribution is 6.29. The van der Waals surface area contributed by atoms with Crippen molar-refractivity contribution in [2.45, 2.75) is 25.0 Å². The normalized spacial score (nSPS) is 22.7. The van der Waals surface area contributed by atoms with E-state index in [1.807, 2.05) is 0 Å². The lowest BCUT2D eigenvalue weighted by molar-refractivity contribution is -0.150. The molecule has 1 aliphatic rings. The first kappa shape index (κ1) is 12.7. The molecule has 7 nitrogen and oxygen atoms in total. The van der Waals surface area contributed by atoms with Crippen molar-refractivity contribution in [1.82, 2.24) is 9.97 Å². The molecule has 0 radical (unpaired) electrons. The largest absolute Gasteiger partial charge is 0.479 e. The van der Waals surface area contributed by atoms with E-state index in [-0.39, 0.29) is 11.1 Å². The molecule has 1 aliphatic heterocycles. The van der Waals surface area contributed by atoms with Crippen LogP contribution in [0.15, 0.2) is 12.3 Å². The third-order valence-corrected chi connectivity index (χ3v) is 2.65. The molecule has 1 amide bonds. The van der Waals surface area contributed by atoms with Gasteiger partial charge in [0.1, 0.15) is 11.3 Å². The lowest BCUT2D eigenvalue weighted by Gasteiger charge is -2.10. The third-order valence-electron chi connectivity index (χ3n) is 2.44. The number of hydrogen-bond donors (Lipinski definition) is 2. The van der Waals surface area contributed by atoms with Gasteiger partial charge >= 0.3 is 5.97 Å². The second kappa shape index (κ2) is 5.28. The topological polar surface area (TPSA) is 101 Å². The number of aromatic nitrogens is 2. The number of ether oxygens (including phenoxy) is 1. The molecule has 1 fully saturated rings. The van der Waals surface area contributed by atoms with Gasteiger partial charge < -0.3 is 9.84 Å². The van der Waals surface area contributed by atoms with Gasteiger partial charge in [-0.2, -0.15) is 0 Å². The van der Waals surface area contributed by atoms with Gasteiger partial charge in [0.05, 0.1) is 0 Å². The SMILES string of the molecule is O=C(Nc1nccc(Cl)n1)[C@@H]1CC[C@H](C(=O)O)O1. The summed E-state index contributed by atoms with van der Waals surface area (Å²) in [6.45, 7) is 0. The molecule has 1 aromatic rings. The number of rotatable bonds is 3. The van der Waals surface area contributed by atoms with Gasteiger partial charge in [0.15, 0.2) is 6.10 Å². The summed E-state index contributed by atoms with van der Waals surface area (Å²) in [5.41, 5.74) is 0. The second-order valence-corrected chi connectivity index (χ2v) is 4.11. The molecule has 18 heavy (non-hydrogen) atoms. The first-order valence-corrected chi connectivity index (χ1v) is 5.62. The Labute approximate surface area is 107 Å². The van der Waals surface area contributed by atoms with Gasteiger partial charge in [-0.15, -0.1) is 0 Å². The molecule has 2 rings (SSSR count). The Balaban J connectivity index is 1.95. The van der Waals surface area contributed by atoms with Crippen molar-refractivity contribution in [3.8, 4) is 0 Å².